The molecular formula is C19H20N2O7. The van der Waals surface area contributed by atoms with Gasteiger partial charge in [-0.2, -0.15) is 0 Å². The zero-order valence-electron chi connectivity index (χ0n) is 15.7. The predicted molar refractivity (Wildman–Crippen MR) is 100 cm³/mol. The van der Waals surface area contributed by atoms with Gasteiger partial charge in [-0.05, 0) is 18.6 Å². The maximum Gasteiger partial charge on any atom is 0.415 e. The minimum absolute atomic E-state index is 0.0676. The number of nitro groups is 1. The molecule has 2 aromatic carbocycles. The van der Waals surface area contributed by atoms with Crippen LogP contribution in [-0.2, 0) is 20.9 Å². The number of hydrogen-bond acceptors (Lipinski definition) is 7. The zero-order valence-corrected chi connectivity index (χ0v) is 15.7. The van der Waals surface area contributed by atoms with Crippen LogP contribution in [0.4, 0.5) is 16.2 Å². The highest BCUT2D eigenvalue weighted by atomic mass is 16.6. The standard InChI is InChI=1S/C19H20N2O7/c1-13(18(22)27-3)20(19(23)28-12-14-7-5-4-6-8-14)17-11-15(26-2)9-10-16(17)21(24)25/h4-11,13H,12H2,1-3H3. The van der Waals surface area contributed by atoms with E-state index in [0.29, 0.717) is 0 Å². The summed E-state index contributed by atoms with van der Waals surface area (Å²) in [5, 5.41) is 11.5. The van der Waals surface area contributed by atoms with E-state index >= 15 is 0 Å². The fraction of sp³-hybridized carbons (Fsp3) is 0.263. The van der Waals surface area contributed by atoms with Crippen molar-refractivity contribution in [2.45, 2.75) is 19.6 Å². The molecular weight excluding hydrogens is 368 g/mol. The first-order chi connectivity index (χ1) is 13.4. The van der Waals surface area contributed by atoms with Crippen molar-refractivity contribution in [2.75, 3.05) is 19.1 Å². The van der Waals surface area contributed by atoms with Crippen molar-refractivity contribution in [3.63, 3.8) is 0 Å². The highest BCUT2D eigenvalue weighted by molar-refractivity contribution is 5.97. The second kappa shape index (κ2) is 9.36. The number of rotatable bonds is 7. The van der Waals surface area contributed by atoms with Crippen LogP contribution in [0.5, 0.6) is 5.75 Å². The minimum Gasteiger partial charge on any atom is -0.497 e. The molecule has 9 nitrogen and oxygen atoms in total. The molecule has 1 unspecified atom stereocenters. The molecule has 0 aromatic heterocycles. The fourth-order valence-electron chi connectivity index (χ4n) is 2.51. The molecule has 2 rings (SSSR count). The fourth-order valence-corrected chi connectivity index (χ4v) is 2.51. The number of benzene rings is 2. The van der Waals surface area contributed by atoms with Crippen LogP contribution in [0.2, 0.25) is 0 Å². The minimum atomic E-state index is -1.17. The van der Waals surface area contributed by atoms with E-state index in [1.165, 1.54) is 32.2 Å². The second-order valence-corrected chi connectivity index (χ2v) is 5.72. The number of nitrogens with zero attached hydrogens (tertiary/aromatic N) is 2. The molecule has 0 fully saturated rings. The van der Waals surface area contributed by atoms with Crippen LogP contribution in [0.3, 0.4) is 0 Å². The monoisotopic (exact) mass is 388 g/mol. The molecule has 1 atom stereocenters. The summed E-state index contributed by atoms with van der Waals surface area (Å²) in [6.45, 7) is 1.32. The van der Waals surface area contributed by atoms with Gasteiger partial charge in [-0.15, -0.1) is 0 Å². The highest BCUT2D eigenvalue weighted by Gasteiger charge is 2.34. The average molecular weight is 388 g/mol. The van der Waals surface area contributed by atoms with Gasteiger partial charge >= 0.3 is 12.1 Å². The third kappa shape index (κ3) is 4.76. The molecule has 9 heteroatoms. The van der Waals surface area contributed by atoms with Crippen molar-refractivity contribution < 1.29 is 28.7 Å². The Kier molecular flexibility index (Phi) is 6.91. The van der Waals surface area contributed by atoms with Gasteiger partial charge < -0.3 is 14.2 Å². The molecule has 148 valence electrons. The Labute approximate surface area is 161 Å². The maximum atomic E-state index is 12.8. The molecule has 0 aliphatic heterocycles. The summed E-state index contributed by atoms with van der Waals surface area (Å²) in [7, 11) is 2.54. The van der Waals surface area contributed by atoms with Gasteiger partial charge in [0.05, 0.1) is 19.1 Å². The Morgan fingerprint density at radius 1 is 1.14 bits per heavy atom. The van der Waals surface area contributed by atoms with Gasteiger partial charge in [0.1, 0.15) is 24.1 Å². The quantitative estimate of drug-likeness (QED) is 0.407. The third-order valence-electron chi connectivity index (χ3n) is 3.97. The number of carbonyl (C=O) groups is 2. The molecule has 0 radical (unpaired) electrons. The SMILES string of the molecule is COC(=O)C(C)N(C(=O)OCc1ccccc1)c1cc(OC)ccc1[N+](=O)[O-]. The summed E-state index contributed by atoms with van der Waals surface area (Å²) < 4.78 is 15.1. The molecule has 0 heterocycles. The first-order valence-corrected chi connectivity index (χ1v) is 8.29. The summed E-state index contributed by atoms with van der Waals surface area (Å²) in [6, 6.07) is 11.6. The van der Waals surface area contributed by atoms with Gasteiger partial charge in [0.25, 0.3) is 5.69 Å². The van der Waals surface area contributed by atoms with Crippen molar-refractivity contribution in [1.82, 2.24) is 0 Å². The molecule has 0 bridgehead atoms. The molecule has 0 saturated heterocycles. The van der Waals surface area contributed by atoms with Crippen LogP contribution in [0, 0.1) is 10.1 Å². The Hall–Kier alpha value is -3.62. The lowest BCUT2D eigenvalue weighted by atomic mass is 10.2. The van der Waals surface area contributed by atoms with E-state index < -0.39 is 23.0 Å². The Balaban J connectivity index is 2.43. The predicted octanol–water partition coefficient (Wildman–Crippen LogP) is 3.31. The lowest BCUT2D eigenvalue weighted by Gasteiger charge is -2.26. The van der Waals surface area contributed by atoms with Crippen LogP contribution >= 0.6 is 0 Å². The van der Waals surface area contributed by atoms with Crippen LogP contribution in [0.25, 0.3) is 0 Å². The summed E-state index contributed by atoms with van der Waals surface area (Å²) >= 11 is 0. The summed E-state index contributed by atoms with van der Waals surface area (Å²) in [6.07, 6.45) is -0.932. The first kappa shape index (κ1) is 20.7. The largest absolute Gasteiger partial charge is 0.497 e. The van der Waals surface area contributed by atoms with Gasteiger partial charge in [-0.1, -0.05) is 30.3 Å². The number of esters is 1. The van der Waals surface area contributed by atoms with Crippen molar-refractivity contribution in [3.05, 3.63) is 64.2 Å². The first-order valence-electron chi connectivity index (χ1n) is 8.29. The van der Waals surface area contributed by atoms with E-state index in [1.54, 1.807) is 24.3 Å². The Morgan fingerprint density at radius 2 is 1.82 bits per heavy atom. The number of nitro benzene ring substituents is 1. The van der Waals surface area contributed by atoms with Gasteiger partial charge in [0.15, 0.2) is 0 Å². The maximum absolute atomic E-state index is 12.8. The van der Waals surface area contributed by atoms with Crippen molar-refractivity contribution in [1.29, 1.82) is 0 Å². The Morgan fingerprint density at radius 3 is 2.39 bits per heavy atom. The molecule has 0 saturated carbocycles. The average Bonchev–Trinajstić information content (AvgIpc) is 2.72. The van der Waals surface area contributed by atoms with Crippen LogP contribution in [-0.4, -0.2) is 37.2 Å². The van der Waals surface area contributed by atoms with E-state index in [2.05, 4.69) is 0 Å². The third-order valence-corrected chi connectivity index (χ3v) is 3.97. The summed E-state index contributed by atoms with van der Waals surface area (Å²) in [4.78, 5) is 36.5. The van der Waals surface area contributed by atoms with E-state index in [9.17, 15) is 19.7 Å². The zero-order chi connectivity index (χ0) is 20.7. The molecule has 0 aliphatic carbocycles. The molecule has 0 aliphatic rings. The highest BCUT2D eigenvalue weighted by Crippen LogP contribution is 2.34. The van der Waals surface area contributed by atoms with Gasteiger partial charge in [0.2, 0.25) is 0 Å². The van der Waals surface area contributed by atoms with Crippen LogP contribution < -0.4 is 9.64 Å². The number of carbonyl (C=O) groups excluding carboxylic acids is 2. The van der Waals surface area contributed by atoms with Crippen molar-refractivity contribution in [3.8, 4) is 5.75 Å². The summed E-state index contributed by atoms with van der Waals surface area (Å²) in [5.74, 6) is -0.479. The Bertz CT molecular complexity index is 855. The molecule has 28 heavy (non-hydrogen) atoms. The lowest BCUT2D eigenvalue weighted by Crippen LogP contribution is -2.44. The summed E-state index contributed by atoms with van der Waals surface area (Å²) in [5.41, 5.74) is 0.204. The number of methoxy groups -OCH3 is 2. The number of hydrogen-bond donors (Lipinski definition) is 0. The van der Waals surface area contributed by atoms with Crippen molar-refractivity contribution >= 4 is 23.4 Å². The lowest BCUT2D eigenvalue weighted by molar-refractivity contribution is -0.384. The molecule has 2 aromatic rings. The second-order valence-electron chi connectivity index (χ2n) is 5.72. The van der Waals surface area contributed by atoms with Gasteiger partial charge in [-0.25, -0.2) is 9.59 Å². The number of amides is 1. The molecule has 0 N–H and O–H groups in total. The van der Waals surface area contributed by atoms with E-state index in [4.69, 9.17) is 14.2 Å². The van der Waals surface area contributed by atoms with Crippen molar-refractivity contribution in [2.24, 2.45) is 0 Å². The van der Waals surface area contributed by atoms with Gasteiger partial charge in [-0.3, -0.25) is 15.0 Å². The van der Waals surface area contributed by atoms with E-state index in [1.807, 2.05) is 6.07 Å². The molecule has 0 spiro atoms. The normalized spacial score (nSPS) is 11.2. The number of anilines is 1. The van der Waals surface area contributed by atoms with Crippen LogP contribution in [0.15, 0.2) is 48.5 Å². The van der Waals surface area contributed by atoms with E-state index in [-0.39, 0.29) is 23.7 Å². The van der Waals surface area contributed by atoms with E-state index in [0.717, 1.165) is 17.6 Å². The number of ether oxygens (including phenoxy) is 3. The smallest absolute Gasteiger partial charge is 0.415 e. The topological polar surface area (TPSA) is 108 Å². The molecule has 1 amide bonds. The van der Waals surface area contributed by atoms with Gasteiger partial charge in [0, 0.05) is 12.1 Å². The van der Waals surface area contributed by atoms with Crippen LogP contribution in [0.1, 0.15) is 12.5 Å².